The van der Waals surface area contributed by atoms with Gasteiger partial charge in [0.15, 0.2) is 17.2 Å². The number of fused-ring (bicyclic) bond motifs is 5. The molecule has 26 heavy (non-hydrogen) atoms. The average Bonchev–Trinajstić information content (AvgIpc) is 3.34. The third-order valence-electron chi connectivity index (χ3n) is 4.89. The highest BCUT2D eigenvalue weighted by atomic mass is 19.1. The predicted octanol–water partition coefficient (Wildman–Crippen LogP) is 1.62. The summed E-state index contributed by atoms with van der Waals surface area (Å²) in [6.07, 6.45) is 0.797. The Kier molecular flexibility index (Phi) is 2.94. The van der Waals surface area contributed by atoms with E-state index in [0.29, 0.717) is 30.0 Å². The molecule has 0 bridgehead atoms. The zero-order valence-corrected chi connectivity index (χ0v) is 13.6. The maximum atomic E-state index is 14.5. The Labute approximate surface area is 144 Å². The quantitative estimate of drug-likeness (QED) is 0.757. The molecule has 1 unspecified atom stereocenters. The molecule has 1 N–H and O–H groups in total. The maximum absolute atomic E-state index is 14.5. The molecular formula is C16H13FN4O5. The van der Waals surface area contributed by atoms with Crippen LogP contribution in [0.5, 0.6) is 0 Å². The molecule has 9 nitrogen and oxygen atoms in total. The number of aryl methyl sites for hydroxylation is 1. The average molecular weight is 360 g/mol. The van der Waals surface area contributed by atoms with Crippen molar-refractivity contribution in [2.75, 3.05) is 16.8 Å². The number of ether oxygens (including phenoxy) is 1. The molecule has 2 aliphatic heterocycles. The first-order chi connectivity index (χ1) is 12.5. The molecule has 1 saturated heterocycles. The Bertz CT molecular complexity index is 1090. The van der Waals surface area contributed by atoms with Crippen LogP contribution in [0.1, 0.15) is 5.56 Å². The van der Waals surface area contributed by atoms with Crippen LogP contribution in [0.15, 0.2) is 32.1 Å². The molecule has 0 saturated carbocycles. The molecule has 5 rings (SSSR count). The predicted molar refractivity (Wildman–Crippen MR) is 86.6 cm³/mol. The summed E-state index contributed by atoms with van der Waals surface area (Å²) in [4.78, 5) is 25.5. The monoisotopic (exact) mass is 360 g/mol. The van der Waals surface area contributed by atoms with E-state index in [1.807, 2.05) is 0 Å². The van der Waals surface area contributed by atoms with Crippen molar-refractivity contribution in [1.29, 1.82) is 0 Å². The van der Waals surface area contributed by atoms with Crippen molar-refractivity contribution >= 4 is 28.7 Å². The Morgan fingerprint density at radius 3 is 3.04 bits per heavy atom. The van der Waals surface area contributed by atoms with E-state index in [-0.39, 0.29) is 17.1 Å². The number of nitrogens with zero attached hydrogens (tertiary/aromatic N) is 3. The summed E-state index contributed by atoms with van der Waals surface area (Å²) < 4.78 is 31.0. The van der Waals surface area contributed by atoms with Gasteiger partial charge in [0.1, 0.15) is 17.9 Å². The van der Waals surface area contributed by atoms with E-state index in [0.717, 1.165) is 4.57 Å². The van der Waals surface area contributed by atoms with E-state index in [2.05, 4.69) is 10.5 Å². The van der Waals surface area contributed by atoms with Crippen LogP contribution < -0.4 is 16.0 Å². The van der Waals surface area contributed by atoms with Gasteiger partial charge in [0, 0.05) is 31.2 Å². The molecule has 2 atom stereocenters. The molecule has 10 heteroatoms. The first-order valence-electron chi connectivity index (χ1n) is 7.99. The third kappa shape index (κ3) is 1.92. The molecule has 3 aromatic rings. The van der Waals surface area contributed by atoms with Gasteiger partial charge >= 0.3 is 11.8 Å². The van der Waals surface area contributed by atoms with Crippen molar-refractivity contribution in [3.63, 3.8) is 0 Å². The molecule has 2 aromatic heterocycles. The number of carbonyl (C=O) groups excluding carboxylic acids is 1. The van der Waals surface area contributed by atoms with Crippen LogP contribution in [0.3, 0.4) is 0 Å². The largest absolute Gasteiger partial charge is 0.442 e. The highest BCUT2D eigenvalue weighted by Crippen LogP contribution is 2.42. The van der Waals surface area contributed by atoms with Crippen molar-refractivity contribution in [2.24, 2.45) is 7.05 Å². The van der Waals surface area contributed by atoms with Gasteiger partial charge in [0.25, 0.3) is 0 Å². The normalized spacial score (nSPS) is 21.2. The minimum atomic E-state index is -0.647. The topological polar surface area (TPSA) is 103 Å². The summed E-state index contributed by atoms with van der Waals surface area (Å²) in [5.74, 6) is -0.742. The zero-order chi connectivity index (χ0) is 18.0. The van der Waals surface area contributed by atoms with Gasteiger partial charge in [0.05, 0.1) is 18.3 Å². The van der Waals surface area contributed by atoms with E-state index in [9.17, 15) is 14.0 Å². The van der Waals surface area contributed by atoms with E-state index in [1.54, 1.807) is 6.07 Å². The van der Waals surface area contributed by atoms with Gasteiger partial charge in [-0.2, -0.15) is 0 Å². The smallest absolute Gasteiger partial charge is 0.419 e. The lowest BCUT2D eigenvalue weighted by Gasteiger charge is -2.16. The molecule has 1 fully saturated rings. The van der Waals surface area contributed by atoms with E-state index in [4.69, 9.17) is 13.7 Å². The molecule has 1 aromatic carbocycles. The van der Waals surface area contributed by atoms with Crippen LogP contribution in [0.2, 0.25) is 0 Å². The molecule has 0 radical (unpaired) electrons. The fourth-order valence-corrected chi connectivity index (χ4v) is 3.69. The van der Waals surface area contributed by atoms with Crippen LogP contribution >= 0.6 is 0 Å². The number of anilines is 2. The highest BCUT2D eigenvalue weighted by molar-refractivity contribution is 5.98. The van der Waals surface area contributed by atoms with Crippen molar-refractivity contribution in [2.45, 2.75) is 18.6 Å². The molecule has 0 aliphatic carbocycles. The number of cyclic esters (lactones) is 1. The van der Waals surface area contributed by atoms with Gasteiger partial charge in [-0.1, -0.05) is 5.16 Å². The fraction of sp³-hybridized carbons (Fsp3) is 0.312. The summed E-state index contributed by atoms with van der Waals surface area (Å²) in [7, 11) is 1.44. The summed E-state index contributed by atoms with van der Waals surface area (Å²) in [6.45, 7) is 0.317. The second-order valence-corrected chi connectivity index (χ2v) is 6.29. The van der Waals surface area contributed by atoms with Gasteiger partial charge < -0.3 is 19.0 Å². The molecule has 134 valence electrons. The van der Waals surface area contributed by atoms with E-state index in [1.165, 1.54) is 24.3 Å². The highest BCUT2D eigenvalue weighted by Gasteiger charge is 2.49. The van der Waals surface area contributed by atoms with Gasteiger partial charge in [-0.25, -0.2) is 14.0 Å². The number of nitrogens with one attached hydrogen (secondary N) is 1. The number of benzene rings is 1. The minimum Gasteiger partial charge on any atom is -0.442 e. The minimum absolute atomic E-state index is 0.0977. The van der Waals surface area contributed by atoms with Crippen molar-refractivity contribution in [1.82, 2.24) is 9.72 Å². The number of carbonyl (C=O) groups is 1. The molecular weight excluding hydrogens is 347 g/mol. The third-order valence-corrected chi connectivity index (χ3v) is 4.89. The number of hydrogen-bond donors (Lipinski definition) is 1. The van der Waals surface area contributed by atoms with Gasteiger partial charge in [0.2, 0.25) is 0 Å². The summed E-state index contributed by atoms with van der Waals surface area (Å²) in [6, 6.07) is 2.57. The Morgan fingerprint density at radius 1 is 1.42 bits per heavy atom. The lowest BCUT2D eigenvalue weighted by Crippen LogP contribution is -2.36. The second-order valence-electron chi connectivity index (χ2n) is 6.29. The number of rotatable bonds is 3. The summed E-state index contributed by atoms with van der Waals surface area (Å²) in [5, 5.41) is 6.77. The standard InChI is InChI=1S/C16H13FN4O5/c1-20-13-8(17)5-9-7(14(13)26-15(20)22)4-10-11(25-16(23)21(9)10)6-18-12-2-3-24-19-12/h2-3,5,10-11H,4,6H2,1H3,(H,18,19)/t10-,11?/m0/s1. The second kappa shape index (κ2) is 5.10. The van der Waals surface area contributed by atoms with E-state index >= 15 is 0 Å². The maximum Gasteiger partial charge on any atom is 0.419 e. The molecule has 1 amide bonds. The number of oxazole rings is 1. The summed E-state index contributed by atoms with van der Waals surface area (Å²) >= 11 is 0. The Morgan fingerprint density at radius 2 is 2.27 bits per heavy atom. The Balaban J connectivity index is 1.53. The first-order valence-corrected chi connectivity index (χ1v) is 7.99. The fourth-order valence-electron chi connectivity index (χ4n) is 3.69. The van der Waals surface area contributed by atoms with Crippen molar-refractivity contribution in [3.05, 3.63) is 40.3 Å². The lowest BCUT2D eigenvalue weighted by molar-refractivity contribution is 0.137. The number of amides is 1. The molecule has 4 heterocycles. The molecule has 0 spiro atoms. The van der Waals surface area contributed by atoms with Crippen LogP contribution in [-0.4, -0.2) is 34.5 Å². The number of halogens is 1. The lowest BCUT2D eigenvalue weighted by atomic mass is 10.0. The van der Waals surface area contributed by atoms with Crippen LogP contribution in [0.4, 0.5) is 20.7 Å². The van der Waals surface area contributed by atoms with Crippen LogP contribution in [-0.2, 0) is 18.2 Å². The van der Waals surface area contributed by atoms with Crippen LogP contribution in [0, 0.1) is 5.82 Å². The van der Waals surface area contributed by atoms with Crippen molar-refractivity contribution < 1.29 is 22.9 Å². The van der Waals surface area contributed by atoms with Gasteiger partial charge in [-0.15, -0.1) is 0 Å². The van der Waals surface area contributed by atoms with Gasteiger partial charge in [-0.05, 0) is 0 Å². The van der Waals surface area contributed by atoms with E-state index < -0.39 is 23.8 Å². The SMILES string of the molecule is Cn1c(=O)oc2c3c(cc(F)c21)N1C(=O)OC(CNc2ccon2)[C@@H]1C3. The first kappa shape index (κ1) is 15.0. The zero-order valence-electron chi connectivity index (χ0n) is 13.6. The summed E-state index contributed by atoms with van der Waals surface area (Å²) in [5.41, 5.74) is 1.29. The molecule has 2 aliphatic rings. The van der Waals surface area contributed by atoms with Crippen molar-refractivity contribution in [3.8, 4) is 0 Å². The van der Waals surface area contributed by atoms with Gasteiger partial charge in [-0.3, -0.25) is 9.47 Å². The van der Waals surface area contributed by atoms with Crippen LogP contribution in [0.25, 0.3) is 11.1 Å². The Hall–Kier alpha value is -3.30. The number of hydrogen-bond acceptors (Lipinski definition) is 7. The number of aromatic nitrogens is 2.